The lowest BCUT2D eigenvalue weighted by molar-refractivity contribution is 0.232. The molecular weight excluding hydrogens is 274 g/mol. The lowest BCUT2D eigenvalue weighted by Gasteiger charge is -2.27. The molecule has 20 heavy (non-hydrogen) atoms. The first-order valence-electron chi connectivity index (χ1n) is 7.26. The zero-order valence-corrected chi connectivity index (χ0v) is 12.8. The van der Waals surface area contributed by atoms with Crippen LogP contribution in [0, 0.1) is 0 Å². The topological polar surface area (TPSA) is 50.5 Å². The highest BCUT2D eigenvalue weighted by Crippen LogP contribution is 2.19. The molecule has 0 radical (unpaired) electrons. The van der Waals surface area contributed by atoms with E-state index in [1.54, 1.807) is 0 Å². The third-order valence-electron chi connectivity index (χ3n) is 3.50. The number of halogens is 1. The lowest BCUT2D eigenvalue weighted by Crippen LogP contribution is -2.43. The Morgan fingerprint density at radius 1 is 1.10 bits per heavy atom. The van der Waals surface area contributed by atoms with Crippen LogP contribution >= 0.6 is 12.4 Å². The maximum atomic E-state index is 5.82. The fraction of sp³-hybridized carbons (Fsp3) is 0.600. The van der Waals surface area contributed by atoms with Gasteiger partial charge in [0, 0.05) is 26.2 Å². The van der Waals surface area contributed by atoms with Crippen LogP contribution in [0.4, 0.5) is 5.69 Å². The van der Waals surface area contributed by atoms with Gasteiger partial charge in [-0.2, -0.15) is 0 Å². The molecule has 1 fully saturated rings. The number of nitrogens with zero attached hydrogens (tertiary/aromatic N) is 1. The van der Waals surface area contributed by atoms with E-state index in [2.05, 4.69) is 10.2 Å². The summed E-state index contributed by atoms with van der Waals surface area (Å²) in [5.41, 5.74) is 6.55. The summed E-state index contributed by atoms with van der Waals surface area (Å²) in [7, 11) is 0. The number of piperazine rings is 1. The van der Waals surface area contributed by atoms with Gasteiger partial charge < -0.3 is 20.7 Å². The Morgan fingerprint density at radius 3 is 2.60 bits per heavy atom. The molecule has 0 amide bonds. The number of benzene rings is 1. The van der Waals surface area contributed by atoms with Crippen LogP contribution in [-0.4, -0.2) is 44.2 Å². The van der Waals surface area contributed by atoms with Crippen molar-refractivity contribution in [1.29, 1.82) is 0 Å². The molecule has 0 aromatic heterocycles. The van der Waals surface area contributed by atoms with Crippen LogP contribution in [0.2, 0.25) is 0 Å². The Kier molecular flexibility index (Phi) is 8.42. The zero-order valence-electron chi connectivity index (χ0n) is 12.0. The molecule has 0 saturated carbocycles. The zero-order chi connectivity index (χ0) is 13.3. The molecule has 1 heterocycles. The Labute approximate surface area is 128 Å². The predicted molar refractivity (Wildman–Crippen MR) is 86.8 cm³/mol. The molecular formula is C15H26ClN3O. The standard InChI is InChI=1S/C15H25N3O.ClH/c16-14-6-2-3-7-15(14)19-13-5-1-4-10-18-11-8-17-9-12-18;/h2-3,6-7,17H,1,4-5,8-13,16H2;1H. The number of hydrogen-bond donors (Lipinski definition) is 2. The van der Waals surface area contributed by atoms with Gasteiger partial charge in [0.15, 0.2) is 0 Å². The molecule has 1 aliphatic heterocycles. The summed E-state index contributed by atoms with van der Waals surface area (Å²) in [5.74, 6) is 0.810. The lowest BCUT2D eigenvalue weighted by atomic mass is 10.2. The van der Waals surface area contributed by atoms with E-state index in [4.69, 9.17) is 10.5 Å². The Morgan fingerprint density at radius 2 is 1.85 bits per heavy atom. The number of hydrogen-bond acceptors (Lipinski definition) is 4. The van der Waals surface area contributed by atoms with Gasteiger partial charge in [-0.25, -0.2) is 0 Å². The number of nitrogens with one attached hydrogen (secondary N) is 1. The van der Waals surface area contributed by atoms with Gasteiger partial charge in [-0.3, -0.25) is 0 Å². The van der Waals surface area contributed by atoms with Crippen molar-refractivity contribution in [2.24, 2.45) is 0 Å². The van der Waals surface area contributed by atoms with Gasteiger partial charge >= 0.3 is 0 Å². The average molecular weight is 300 g/mol. The second kappa shape index (κ2) is 9.86. The van der Waals surface area contributed by atoms with Gasteiger partial charge in [0.2, 0.25) is 0 Å². The number of nitrogen functional groups attached to an aromatic ring is 1. The maximum Gasteiger partial charge on any atom is 0.142 e. The predicted octanol–water partition coefficient (Wildman–Crippen LogP) is 2.14. The number of unbranched alkanes of at least 4 members (excludes halogenated alkanes) is 2. The second-order valence-electron chi connectivity index (χ2n) is 5.04. The highest BCUT2D eigenvalue weighted by Gasteiger charge is 2.08. The van der Waals surface area contributed by atoms with E-state index in [-0.39, 0.29) is 12.4 Å². The third-order valence-corrected chi connectivity index (χ3v) is 3.50. The minimum absolute atomic E-state index is 0. The Bertz CT molecular complexity index is 370. The number of ether oxygens (including phenoxy) is 1. The van der Waals surface area contributed by atoms with Crippen molar-refractivity contribution >= 4 is 18.1 Å². The van der Waals surface area contributed by atoms with E-state index in [0.717, 1.165) is 37.6 Å². The van der Waals surface area contributed by atoms with Crippen molar-refractivity contribution in [2.75, 3.05) is 45.1 Å². The van der Waals surface area contributed by atoms with Crippen molar-refractivity contribution in [3.63, 3.8) is 0 Å². The van der Waals surface area contributed by atoms with E-state index in [1.165, 1.54) is 32.5 Å². The Balaban J connectivity index is 0.00000200. The van der Waals surface area contributed by atoms with Crippen LogP contribution in [0.3, 0.4) is 0 Å². The highest BCUT2D eigenvalue weighted by atomic mass is 35.5. The summed E-state index contributed by atoms with van der Waals surface area (Å²) in [6, 6.07) is 7.68. The smallest absolute Gasteiger partial charge is 0.142 e. The molecule has 1 saturated heterocycles. The fourth-order valence-corrected chi connectivity index (χ4v) is 2.34. The average Bonchev–Trinajstić information content (AvgIpc) is 2.45. The quantitative estimate of drug-likeness (QED) is 0.598. The number of anilines is 1. The van der Waals surface area contributed by atoms with Crippen LogP contribution in [0.15, 0.2) is 24.3 Å². The van der Waals surface area contributed by atoms with E-state index < -0.39 is 0 Å². The Hall–Kier alpha value is -0.970. The van der Waals surface area contributed by atoms with Crippen LogP contribution in [0.1, 0.15) is 19.3 Å². The first-order valence-corrected chi connectivity index (χ1v) is 7.26. The SMILES string of the molecule is Cl.Nc1ccccc1OCCCCCN1CCNCC1. The van der Waals surface area contributed by atoms with Crippen molar-refractivity contribution < 1.29 is 4.74 Å². The van der Waals surface area contributed by atoms with Crippen molar-refractivity contribution in [3.05, 3.63) is 24.3 Å². The molecule has 0 atom stereocenters. The summed E-state index contributed by atoms with van der Waals surface area (Å²) >= 11 is 0. The van der Waals surface area contributed by atoms with Crippen molar-refractivity contribution in [1.82, 2.24) is 10.2 Å². The minimum atomic E-state index is 0. The van der Waals surface area contributed by atoms with Gasteiger partial charge in [0.1, 0.15) is 5.75 Å². The molecule has 114 valence electrons. The summed E-state index contributed by atoms with van der Waals surface area (Å²) in [6.07, 6.45) is 3.57. The monoisotopic (exact) mass is 299 g/mol. The normalized spacial score (nSPS) is 15.6. The third kappa shape index (κ3) is 5.99. The van der Waals surface area contributed by atoms with Gasteiger partial charge in [-0.05, 0) is 37.9 Å². The van der Waals surface area contributed by atoms with Crippen LogP contribution in [0.25, 0.3) is 0 Å². The van der Waals surface area contributed by atoms with E-state index in [1.807, 2.05) is 24.3 Å². The largest absolute Gasteiger partial charge is 0.491 e. The highest BCUT2D eigenvalue weighted by molar-refractivity contribution is 5.85. The number of nitrogens with two attached hydrogens (primary N) is 1. The summed E-state index contributed by atoms with van der Waals surface area (Å²) in [4.78, 5) is 2.53. The van der Waals surface area contributed by atoms with Gasteiger partial charge in [0.05, 0.1) is 12.3 Å². The van der Waals surface area contributed by atoms with Gasteiger partial charge in [-0.1, -0.05) is 12.1 Å². The maximum absolute atomic E-state index is 5.82. The van der Waals surface area contributed by atoms with E-state index in [9.17, 15) is 0 Å². The van der Waals surface area contributed by atoms with Gasteiger partial charge in [-0.15, -0.1) is 12.4 Å². The first-order chi connectivity index (χ1) is 9.36. The van der Waals surface area contributed by atoms with Crippen LogP contribution in [0.5, 0.6) is 5.75 Å². The molecule has 1 aliphatic rings. The molecule has 5 heteroatoms. The molecule has 1 aromatic carbocycles. The molecule has 4 nitrogen and oxygen atoms in total. The van der Waals surface area contributed by atoms with Gasteiger partial charge in [0.25, 0.3) is 0 Å². The molecule has 2 rings (SSSR count). The summed E-state index contributed by atoms with van der Waals surface area (Å²) in [5, 5.41) is 3.38. The molecule has 0 spiro atoms. The van der Waals surface area contributed by atoms with Crippen molar-refractivity contribution in [3.8, 4) is 5.75 Å². The van der Waals surface area contributed by atoms with Crippen molar-refractivity contribution in [2.45, 2.75) is 19.3 Å². The molecule has 3 N–H and O–H groups in total. The molecule has 1 aromatic rings. The van der Waals surface area contributed by atoms with Crippen LogP contribution < -0.4 is 15.8 Å². The van der Waals surface area contributed by atoms with E-state index in [0.29, 0.717) is 0 Å². The summed E-state index contributed by atoms with van der Waals surface area (Å²) in [6.45, 7) is 6.63. The molecule has 0 aliphatic carbocycles. The fourth-order valence-electron chi connectivity index (χ4n) is 2.34. The molecule has 0 unspecified atom stereocenters. The number of rotatable bonds is 7. The minimum Gasteiger partial charge on any atom is -0.491 e. The number of para-hydroxylation sites is 2. The summed E-state index contributed by atoms with van der Waals surface area (Å²) < 4.78 is 5.68. The first kappa shape index (κ1) is 17.1. The molecule has 0 bridgehead atoms. The second-order valence-corrected chi connectivity index (χ2v) is 5.04. The van der Waals surface area contributed by atoms with E-state index >= 15 is 0 Å². The van der Waals surface area contributed by atoms with Crippen LogP contribution in [-0.2, 0) is 0 Å².